The molecule has 0 aromatic heterocycles. The summed E-state index contributed by atoms with van der Waals surface area (Å²) in [5.41, 5.74) is 1.96. The Morgan fingerprint density at radius 1 is 1.08 bits per heavy atom. The van der Waals surface area contributed by atoms with E-state index >= 15 is 0 Å². The molecule has 0 heterocycles. The van der Waals surface area contributed by atoms with E-state index in [0.29, 0.717) is 4.90 Å². The second-order valence-electron chi connectivity index (χ2n) is 6.58. The lowest BCUT2D eigenvalue weighted by atomic mass is 10.2. The number of nitrogens with zero attached hydrogens (tertiary/aromatic N) is 1. The van der Waals surface area contributed by atoms with E-state index in [4.69, 9.17) is 0 Å². The summed E-state index contributed by atoms with van der Waals surface area (Å²) in [6.45, 7) is 4.33. The van der Waals surface area contributed by atoms with Crippen LogP contribution in [0.2, 0.25) is 0 Å². The van der Waals surface area contributed by atoms with E-state index in [0.717, 1.165) is 62.6 Å². The van der Waals surface area contributed by atoms with Crippen LogP contribution in [0.25, 0.3) is 0 Å². The van der Waals surface area contributed by atoms with Crippen molar-refractivity contribution in [3.05, 3.63) is 41.6 Å². The minimum atomic E-state index is -3.56. The predicted molar refractivity (Wildman–Crippen MR) is 104 cm³/mol. The van der Waals surface area contributed by atoms with Crippen molar-refractivity contribution < 1.29 is 8.42 Å². The molecule has 0 radical (unpaired) electrons. The predicted octanol–water partition coefficient (Wildman–Crippen LogP) is 5.03. The van der Waals surface area contributed by atoms with Gasteiger partial charge in [-0.05, 0) is 51.2 Å². The molecular weight excluding hydrogens is 330 g/mol. The van der Waals surface area contributed by atoms with Gasteiger partial charge in [-0.3, -0.25) is 4.31 Å². The molecule has 3 nitrogen and oxygen atoms in total. The highest BCUT2D eigenvalue weighted by molar-refractivity contribution is 7.89. The molecule has 1 aliphatic carbocycles. The van der Waals surface area contributed by atoms with Crippen LogP contribution in [0, 0.1) is 18.8 Å². The molecule has 0 aliphatic heterocycles. The summed E-state index contributed by atoms with van der Waals surface area (Å²) in [6.07, 6.45) is 10.1. The summed E-state index contributed by atoms with van der Waals surface area (Å²) >= 11 is 0. The van der Waals surface area contributed by atoms with Crippen molar-refractivity contribution in [2.75, 3.05) is 6.54 Å². The molecule has 0 atom stereocenters. The molecule has 0 N–H and O–H groups in total. The van der Waals surface area contributed by atoms with Gasteiger partial charge in [0.05, 0.1) is 11.4 Å². The summed E-state index contributed by atoms with van der Waals surface area (Å²) in [6, 6.07) is 7.08. The molecule has 25 heavy (non-hydrogen) atoms. The minimum Gasteiger partial charge on any atom is -0.259 e. The number of rotatable bonds is 6. The van der Waals surface area contributed by atoms with Gasteiger partial charge in [-0.1, -0.05) is 49.5 Å². The summed E-state index contributed by atoms with van der Waals surface area (Å²) in [5, 5.41) is 0. The van der Waals surface area contributed by atoms with Crippen LogP contribution in [0.3, 0.4) is 0 Å². The quantitative estimate of drug-likeness (QED) is 0.528. The molecular formula is C21H29NO2S. The SMILES string of the molecule is CCCCC#CCN(C1=CCCCCC1)S(=O)(=O)c1ccc(C)cc1. The third-order valence-electron chi connectivity index (χ3n) is 4.45. The molecule has 0 saturated heterocycles. The van der Waals surface area contributed by atoms with E-state index in [2.05, 4.69) is 24.8 Å². The number of hydrogen-bond acceptors (Lipinski definition) is 2. The van der Waals surface area contributed by atoms with Gasteiger partial charge < -0.3 is 0 Å². The molecule has 0 unspecified atom stereocenters. The summed E-state index contributed by atoms with van der Waals surface area (Å²) in [4.78, 5) is 0.346. The standard InChI is InChI=1S/C21H29NO2S/c1-3-4-5-8-11-18-22(20-12-9-6-7-10-13-20)25(23,24)21-16-14-19(2)15-17-21/h12,14-17H,3-7,9-10,13,18H2,1-2H3. The highest BCUT2D eigenvalue weighted by Gasteiger charge is 2.26. The fourth-order valence-electron chi connectivity index (χ4n) is 2.88. The lowest BCUT2D eigenvalue weighted by molar-refractivity contribution is 0.491. The van der Waals surface area contributed by atoms with E-state index in [1.807, 2.05) is 19.1 Å². The van der Waals surface area contributed by atoms with Crippen molar-refractivity contribution in [1.29, 1.82) is 0 Å². The van der Waals surface area contributed by atoms with Crippen molar-refractivity contribution in [2.24, 2.45) is 0 Å². The second kappa shape index (κ2) is 9.68. The van der Waals surface area contributed by atoms with Gasteiger partial charge in [0.1, 0.15) is 0 Å². The Hall–Kier alpha value is -1.73. The van der Waals surface area contributed by atoms with Crippen molar-refractivity contribution in [2.45, 2.75) is 70.1 Å². The van der Waals surface area contributed by atoms with Gasteiger partial charge in [-0.25, -0.2) is 8.42 Å². The first kappa shape index (κ1) is 19.6. The topological polar surface area (TPSA) is 37.4 Å². The van der Waals surface area contributed by atoms with Gasteiger partial charge in [-0.15, -0.1) is 5.92 Å². The van der Waals surface area contributed by atoms with Crippen LogP contribution in [0.5, 0.6) is 0 Å². The molecule has 4 heteroatoms. The average Bonchev–Trinajstić information content (AvgIpc) is 2.87. The van der Waals surface area contributed by atoms with Gasteiger partial charge in [0.15, 0.2) is 0 Å². The summed E-state index contributed by atoms with van der Waals surface area (Å²) in [7, 11) is -3.56. The van der Waals surface area contributed by atoms with Gasteiger partial charge in [0.2, 0.25) is 0 Å². The Bertz CT molecular complexity index is 736. The van der Waals surface area contributed by atoms with E-state index in [9.17, 15) is 8.42 Å². The molecule has 0 fully saturated rings. The van der Waals surface area contributed by atoms with Crippen LogP contribution in [0.1, 0.15) is 63.9 Å². The molecule has 1 aromatic carbocycles. The van der Waals surface area contributed by atoms with Crippen LogP contribution in [0.4, 0.5) is 0 Å². The lowest BCUT2D eigenvalue weighted by Gasteiger charge is -2.25. The molecule has 0 bridgehead atoms. The van der Waals surface area contributed by atoms with E-state index < -0.39 is 10.0 Å². The second-order valence-corrected chi connectivity index (χ2v) is 8.44. The van der Waals surface area contributed by atoms with E-state index in [1.165, 1.54) is 4.31 Å². The van der Waals surface area contributed by atoms with Gasteiger partial charge in [0, 0.05) is 12.1 Å². The highest BCUT2D eigenvalue weighted by Crippen LogP contribution is 2.26. The number of unbranched alkanes of at least 4 members (excludes halogenated alkanes) is 2. The molecule has 136 valence electrons. The largest absolute Gasteiger partial charge is 0.264 e. The Kier molecular flexibility index (Phi) is 7.58. The maximum atomic E-state index is 13.2. The number of hydrogen-bond donors (Lipinski definition) is 0. The van der Waals surface area contributed by atoms with Crippen molar-refractivity contribution in [1.82, 2.24) is 4.31 Å². The van der Waals surface area contributed by atoms with E-state index in [-0.39, 0.29) is 6.54 Å². The first-order valence-electron chi connectivity index (χ1n) is 9.30. The van der Waals surface area contributed by atoms with Crippen LogP contribution in [-0.4, -0.2) is 19.3 Å². The van der Waals surface area contributed by atoms with Gasteiger partial charge in [0.25, 0.3) is 10.0 Å². The maximum Gasteiger partial charge on any atom is 0.264 e. The Balaban J connectivity index is 2.29. The fourth-order valence-corrected chi connectivity index (χ4v) is 4.33. The smallest absolute Gasteiger partial charge is 0.259 e. The minimum absolute atomic E-state index is 0.242. The third kappa shape index (κ3) is 5.64. The number of aryl methyl sites for hydroxylation is 1. The van der Waals surface area contributed by atoms with E-state index in [1.54, 1.807) is 12.1 Å². The normalized spacial score (nSPS) is 14.9. The van der Waals surface area contributed by atoms with Crippen molar-refractivity contribution in [3.8, 4) is 11.8 Å². The fraction of sp³-hybridized carbons (Fsp3) is 0.524. The molecule has 2 rings (SSSR count). The zero-order valence-electron chi connectivity index (χ0n) is 15.4. The Morgan fingerprint density at radius 3 is 2.56 bits per heavy atom. The van der Waals surface area contributed by atoms with Gasteiger partial charge in [-0.2, -0.15) is 0 Å². The zero-order chi connectivity index (χ0) is 18.1. The summed E-state index contributed by atoms with van der Waals surface area (Å²) in [5.74, 6) is 6.20. The molecule has 0 spiro atoms. The van der Waals surface area contributed by atoms with Crippen molar-refractivity contribution >= 4 is 10.0 Å². The maximum absolute atomic E-state index is 13.2. The van der Waals surface area contributed by atoms with Crippen molar-refractivity contribution in [3.63, 3.8) is 0 Å². The van der Waals surface area contributed by atoms with Crippen LogP contribution < -0.4 is 0 Å². The van der Waals surface area contributed by atoms with Crippen LogP contribution in [0.15, 0.2) is 40.9 Å². The first-order chi connectivity index (χ1) is 12.1. The molecule has 1 aliphatic rings. The van der Waals surface area contributed by atoms with Gasteiger partial charge >= 0.3 is 0 Å². The zero-order valence-corrected chi connectivity index (χ0v) is 16.2. The highest BCUT2D eigenvalue weighted by atomic mass is 32.2. The Morgan fingerprint density at radius 2 is 1.84 bits per heavy atom. The number of benzene rings is 1. The Labute approximate surface area is 153 Å². The molecule has 0 saturated carbocycles. The lowest BCUT2D eigenvalue weighted by Crippen LogP contribution is -2.31. The number of sulfonamides is 1. The van der Waals surface area contributed by atoms with Crippen LogP contribution in [-0.2, 0) is 10.0 Å². The van der Waals surface area contributed by atoms with Crippen LogP contribution >= 0.6 is 0 Å². The number of allylic oxidation sites excluding steroid dienone is 2. The molecule has 1 aromatic rings. The first-order valence-corrected chi connectivity index (χ1v) is 10.7. The third-order valence-corrected chi connectivity index (χ3v) is 6.26. The molecule has 0 amide bonds. The monoisotopic (exact) mass is 359 g/mol. The average molecular weight is 360 g/mol. The summed E-state index contributed by atoms with van der Waals surface area (Å²) < 4.78 is 27.9.